The molecular formula is C14H18BrNO. The molecular weight excluding hydrogens is 278 g/mol. The summed E-state index contributed by atoms with van der Waals surface area (Å²) < 4.78 is 9.12. The molecule has 0 radical (unpaired) electrons. The second-order valence-electron chi connectivity index (χ2n) is 5.14. The Morgan fingerprint density at radius 3 is 2.71 bits per heavy atom. The third-order valence-electron chi connectivity index (χ3n) is 2.63. The van der Waals surface area contributed by atoms with E-state index in [1.807, 2.05) is 0 Å². The van der Waals surface area contributed by atoms with E-state index in [2.05, 4.69) is 71.7 Å². The molecule has 2 aromatic rings. The summed E-state index contributed by atoms with van der Waals surface area (Å²) in [6, 6.07) is 8.40. The van der Waals surface area contributed by atoms with E-state index in [1.165, 1.54) is 10.9 Å². The molecule has 0 saturated heterocycles. The fourth-order valence-corrected chi connectivity index (χ4v) is 2.32. The van der Waals surface area contributed by atoms with Crippen molar-refractivity contribution in [2.45, 2.75) is 32.9 Å². The van der Waals surface area contributed by atoms with Gasteiger partial charge < -0.3 is 9.30 Å². The molecule has 0 unspecified atom stereocenters. The number of benzene rings is 1. The van der Waals surface area contributed by atoms with Crippen molar-refractivity contribution < 1.29 is 4.74 Å². The molecule has 1 aromatic carbocycles. The molecule has 92 valence electrons. The fourth-order valence-electron chi connectivity index (χ4n) is 1.83. The molecule has 1 aromatic heterocycles. The summed E-state index contributed by atoms with van der Waals surface area (Å²) in [5.74, 6) is 0. The lowest BCUT2D eigenvalue weighted by Gasteiger charge is -2.19. The zero-order valence-electron chi connectivity index (χ0n) is 10.5. The SMILES string of the molecule is CC(C)(C)OCCn1ccc2c(Br)cccc21. The zero-order valence-corrected chi connectivity index (χ0v) is 12.1. The highest BCUT2D eigenvalue weighted by Crippen LogP contribution is 2.24. The van der Waals surface area contributed by atoms with Gasteiger partial charge in [-0.1, -0.05) is 22.0 Å². The van der Waals surface area contributed by atoms with E-state index < -0.39 is 0 Å². The first-order valence-corrected chi connectivity index (χ1v) is 6.64. The van der Waals surface area contributed by atoms with Gasteiger partial charge in [-0.15, -0.1) is 0 Å². The maximum absolute atomic E-state index is 5.75. The topological polar surface area (TPSA) is 14.2 Å². The maximum Gasteiger partial charge on any atom is 0.0652 e. The molecule has 0 saturated carbocycles. The van der Waals surface area contributed by atoms with Crippen LogP contribution in [0.2, 0.25) is 0 Å². The van der Waals surface area contributed by atoms with Crippen molar-refractivity contribution in [1.29, 1.82) is 0 Å². The van der Waals surface area contributed by atoms with Crippen molar-refractivity contribution in [3.8, 4) is 0 Å². The van der Waals surface area contributed by atoms with E-state index >= 15 is 0 Å². The first-order chi connectivity index (χ1) is 7.97. The number of rotatable bonds is 3. The van der Waals surface area contributed by atoms with Crippen molar-refractivity contribution in [1.82, 2.24) is 4.57 Å². The first kappa shape index (κ1) is 12.7. The van der Waals surface area contributed by atoms with Gasteiger partial charge in [-0.25, -0.2) is 0 Å². The van der Waals surface area contributed by atoms with Crippen LogP contribution in [0.15, 0.2) is 34.9 Å². The Bertz CT molecular complexity index is 510. The van der Waals surface area contributed by atoms with Crippen LogP contribution in [-0.2, 0) is 11.3 Å². The summed E-state index contributed by atoms with van der Waals surface area (Å²) >= 11 is 3.57. The summed E-state index contributed by atoms with van der Waals surface area (Å²) in [5.41, 5.74) is 1.18. The average Bonchev–Trinajstić information content (AvgIpc) is 2.61. The van der Waals surface area contributed by atoms with Crippen molar-refractivity contribution >= 4 is 26.8 Å². The van der Waals surface area contributed by atoms with E-state index in [0.29, 0.717) is 0 Å². The van der Waals surface area contributed by atoms with Crippen LogP contribution in [0.25, 0.3) is 10.9 Å². The van der Waals surface area contributed by atoms with Crippen LogP contribution in [0.3, 0.4) is 0 Å². The normalized spacial score (nSPS) is 12.2. The van der Waals surface area contributed by atoms with Crippen LogP contribution in [0, 0.1) is 0 Å². The van der Waals surface area contributed by atoms with Crippen LogP contribution in [0.4, 0.5) is 0 Å². The third-order valence-corrected chi connectivity index (χ3v) is 3.32. The number of aromatic nitrogens is 1. The highest BCUT2D eigenvalue weighted by Gasteiger charge is 2.10. The van der Waals surface area contributed by atoms with E-state index in [0.717, 1.165) is 17.6 Å². The van der Waals surface area contributed by atoms with Crippen LogP contribution >= 0.6 is 15.9 Å². The van der Waals surface area contributed by atoms with Crippen molar-refractivity contribution in [2.24, 2.45) is 0 Å². The Morgan fingerprint density at radius 2 is 2.00 bits per heavy atom. The molecule has 0 atom stereocenters. The van der Waals surface area contributed by atoms with Crippen LogP contribution in [-0.4, -0.2) is 16.8 Å². The van der Waals surface area contributed by atoms with Gasteiger partial charge in [0.15, 0.2) is 0 Å². The molecule has 1 heterocycles. The lowest BCUT2D eigenvalue weighted by molar-refractivity contribution is -0.00644. The second-order valence-corrected chi connectivity index (χ2v) is 6.00. The van der Waals surface area contributed by atoms with Crippen LogP contribution < -0.4 is 0 Å². The predicted molar refractivity (Wildman–Crippen MR) is 75.3 cm³/mol. The Morgan fingerprint density at radius 1 is 1.24 bits per heavy atom. The van der Waals surface area contributed by atoms with Gasteiger partial charge in [-0.2, -0.15) is 0 Å². The minimum Gasteiger partial charge on any atom is -0.374 e. The van der Waals surface area contributed by atoms with Gasteiger partial charge in [0.25, 0.3) is 0 Å². The molecule has 0 bridgehead atoms. The third kappa shape index (κ3) is 3.11. The Kier molecular flexibility index (Phi) is 3.59. The molecule has 3 heteroatoms. The average molecular weight is 296 g/mol. The monoisotopic (exact) mass is 295 g/mol. The molecule has 0 fully saturated rings. The highest BCUT2D eigenvalue weighted by atomic mass is 79.9. The lowest BCUT2D eigenvalue weighted by Crippen LogP contribution is -2.21. The molecule has 0 aliphatic heterocycles. The Hall–Kier alpha value is -0.800. The molecule has 0 spiro atoms. The summed E-state index contributed by atoms with van der Waals surface area (Å²) in [6.45, 7) is 7.86. The summed E-state index contributed by atoms with van der Waals surface area (Å²) in [7, 11) is 0. The molecule has 2 nitrogen and oxygen atoms in total. The predicted octanol–water partition coefficient (Wildman–Crippen LogP) is 4.22. The summed E-state index contributed by atoms with van der Waals surface area (Å²) in [6.07, 6.45) is 2.11. The van der Waals surface area contributed by atoms with Crippen molar-refractivity contribution in [3.63, 3.8) is 0 Å². The largest absolute Gasteiger partial charge is 0.374 e. The van der Waals surface area contributed by atoms with Gasteiger partial charge in [-0.3, -0.25) is 0 Å². The van der Waals surface area contributed by atoms with E-state index in [1.54, 1.807) is 0 Å². The van der Waals surface area contributed by atoms with Gasteiger partial charge in [0.1, 0.15) is 0 Å². The first-order valence-electron chi connectivity index (χ1n) is 5.85. The van der Waals surface area contributed by atoms with E-state index in [4.69, 9.17) is 4.74 Å². The zero-order chi connectivity index (χ0) is 12.5. The quantitative estimate of drug-likeness (QED) is 0.827. The Balaban J connectivity index is 2.12. The number of hydrogen-bond acceptors (Lipinski definition) is 1. The van der Waals surface area contributed by atoms with Crippen LogP contribution in [0.5, 0.6) is 0 Å². The number of fused-ring (bicyclic) bond motifs is 1. The fraction of sp³-hybridized carbons (Fsp3) is 0.429. The van der Waals surface area contributed by atoms with Gasteiger partial charge in [0.05, 0.1) is 12.2 Å². The number of nitrogens with zero attached hydrogens (tertiary/aromatic N) is 1. The summed E-state index contributed by atoms with van der Waals surface area (Å²) in [4.78, 5) is 0. The number of ether oxygens (including phenoxy) is 1. The minimum atomic E-state index is -0.0659. The van der Waals surface area contributed by atoms with Crippen molar-refractivity contribution in [3.05, 3.63) is 34.9 Å². The van der Waals surface area contributed by atoms with Gasteiger partial charge in [-0.05, 0) is 39.0 Å². The molecule has 0 N–H and O–H groups in total. The van der Waals surface area contributed by atoms with E-state index in [9.17, 15) is 0 Å². The molecule has 0 aliphatic rings. The van der Waals surface area contributed by atoms with Gasteiger partial charge >= 0.3 is 0 Å². The second kappa shape index (κ2) is 4.83. The molecule has 2 rings (SSSR count). The van der Waals surface area contributed by atoms with Crippen molar-refractivity contribution in [2.75, 3.05) is 6.61 Å². The smallest absolute Gasteiger partial charge is 0.0652 e. The molecule has 0 amide bonds. The maximum atomic E-state index is 5.75. The number of hydrogen-bond donors (Lipinski definition) is 0. The molecule has 17 heavy (non-hydrogen) atoms. The molecule has 0 aliphatic carbocycles. The summed E-state index contributed by atoms with van der Waals surface area (Å²) in [5, 5.41) is 1.25. The lowest BCUT2D eigenvalue weighted by atomic mass is 10.2. The van der Waals surface area contributed by atoms with Crippen LogP contribution in [0.1, 0.15) is 20.8 Å². The number of halogens is 1. The van der Waals surface area contributed by atoms with E-state index in [-0.39, 0.29) is 5.60 Å². The van der Waals surface area contributed by atoms with Gasteiger partial charge in [0.2, 0.25) is 0 Å². The highest BCUT2D eigenvalue weighted by molar-refractivity contribution is 9.10. The Labute approximate surface area is 111 Å². The van der Waals surface area contributed by atoms with Gasteiger partial charge in [0, 0.05) is 28.1 Å². The minimum absolute atomic E-state index is 0.0659. The standard InChI is InChI=1S/C14H18BrNO/c1-14(2,3)17-10-9-16-8-7-11-12(15)5-4-6-13(11)16/h4-8H,9-10H2,1-3H3.